The number of nitrogens with zero attached hydrogens (tertiary/aromatic N) is 1. The third-order valence-corrected chi connectivity index (χ3v) is 0.934. The van der Waals surface area contributed by atoms with Gasteiger partial charge in [-0.3, -0.25) is 0 Å². The maximum atomic E-state index is 9.93. The Kier molecular flexibility index (Phi) is 4.72. The van der Waals surface area contributed by atoms with Crippen LogP contribution in [0.2, 0.25) is 0 Å². The van der Waals surface area contributed by atoms with E-state index < -0.39 is 8.25 Å². The molecule has 1 heterocycles. The van der Waals surface area contributed by atoms with Gasteiger partial charge in [0.15, 0.2) is 0 Å². The minimum atomic E-state index is -2.96. The van der Waals surface area contributed by atoms with Gasteiger partial charge in [0.25, 0.3) is 0 Å². The number of rotatable bonds is 2. The first-order chi connectivity index (χ1) is 4.29. The molecule has 0 saturated carbocycles. The normalized spacial score (nSPS) is 11.7. The van der Waals surface area contributed by atoms with E-state index in [1.165, 1.54) is 12.5 Å². The summed E-state index contributed by atoms with van der Waals surface area (Å²) in [6, 6.07) is 0. The first-order valence-corrected chi connectivity index (χ1v) is 3.35. The number of aromatic nitrogens is 1. The molecule has 0 aliphatic rings. The lowest BCUT2D eigenvalue weighted by Crippen LogP contribution is -1.77. The molecule has 10 heavy (non-hydrogen) atoms. The predicted molar refractivity (Wildman–Crippen MR) is 36.9 cm³/mol. The van der Waals surface area contributed by atoms with Crippen LogP contribution < -0.4 is 4.52 Å². The second kappa shape index (κ2) is 4.73. The van der Waals surface area contributed by atoms with Crippen molar-refractivity contribution in [2.45, 2.75) is 0 Å². The smallest absolute Gasteiger partial charge is 0.399 e. The Morgan fingerprint density at radius 3 is 2.90 bits per heavy atom. The zero-order valence-electron chi connectivity index (χ0n) is 4.27. The Balaban J connectivity index is 0.000000810. The summed E-state index contributed by atoms with van der Waals surface area (Å²) in [6.07, 6.45) is 2.39. The fourth-order valence-electron chi connectivity index (χ4n) is 0.335. The van der Waals surface area contributed by atoms with Gasteiger partial charge in [-0.15, -0.1) is 0 Å². The van der Waals surface area contributed by atoms with E-state index in [4.69, 9.17) is 4.89 Å². The highest BCUT2D eigenvalue weighted by Crippen LogP contribution is 2.19. The van der Waals surface area contributed by atoms with Crippen LogP contribution in [0.25, 0.3) is 0 Å². The van der Waals surface area contributed by atoms with Crippen molar-refractivity contribution in [1.82, 2.24) is 4.98 Å². The highest BCUT2D eigenvalue weighted by atomic mass is 31.1. The Morgan fingerprint density at radius 2 is 2.50 bits per heavy atom. The molecule has 1 aromatic rings. The molecule has 0 aliphatic carbocycles. The predicted octanol–water partition coefficient (Wildman–Crippen LogP) is -0.481. The molecule has 0 aromatic carbocycles. The van der Waals surface area contributed by atoms with Gasteiger partial charge in [-0.1, -0.05) is 0 Å². The minimum Gasteiger partial charge on any atom is -0.417 e. The second-order valence-corrected chi connectivity index (χ2v) is 1.90. The van der Waals surface area contributed by atoms with E-state index in [1.807, 2.05) is 0 Å². The molecular formula is C3H6MgNO4P. The zero-order chi connectivity index (χ0) is 6.69. The Morgan fingerprint density at radius 1 is 1.80 bits per heavy atom. The molecular weight excluding hydrogens is 169 g/mol. The van der Waals surface area contributed by atoms with Gasteiger partial charge >= 0.3 is 37.4 Å². The monoisotopic (exact) mass is 175 g/mol. The van der Waals surface area contributed by atoms with Gasteiger partial charge in [0.2, 0.25) is 0 Å². The molecule has 7 heteroatoms. The topological polar surface area (TPSA) is 72.6 Å². The fraction of sp³-hybridized carbons (Fsp3) is 0. The first-order valence-electron chi connectivity index (χ1n) is 2.09. The summed E-state index contributed by atoms with van der Waals surface area (Å²) < 4.78 is 18.6. The standard InChI is InChI=1S/C3H4NO4P.Mg.2H/c5-9(6)8-3-4-1-2-7-3;;;/h1-2,9H,(H,5,6);;;. The molecule has 1 unspecified atom stereocenters. The molecule has 0 amide bonds. The number of hydrogen-bond donors (Lipinski definition) is 1. The highest BCUT2D eigenvalue weighted by Gasteiger charge is 1.98. The van der Waals surface area contributed by atoms with Crippen molar-refractivity contribution >= 4 is 31.3 Å². The van der Waals surface area contributed by atoms with Crippen LogP contribution in [0.4, 0.5) is 0 Å². The summed E-state index contributed by atoms with van der Waals surface area (Å²) in [5.74, 6) is 0. The molecule has 54 valence electrons. The van der Waals surface area contributed by atoms with Crippen molar-refractivity contribution in [3.63, 3.8) is 0 Å². The molecule has 0 spiro atoms. The SMILES string of the molecule is O=[PH](O)Oc1ncco1.[MgH2]. The summed E-state index contributed by atoms with van der Waals surface area (Å²) >= 11 is 0. The van der Waals surface area contributed by atoms with Crippen molar-refractivity contribution in [2.24, 2.45) is 0 Å². The fourth-order valence-corrected chi connectivity index (χ4v) is 0.586. The molecule has 0 aliphatic heterocycles. The number of oxazole rings is 1. The minimum absolute atomic E-state index is 0. The summed E-state index contributed by atoms with van der Waals surface area (Å²) in [6.45, 7) is 0. The van der Waals surface area contributed by atoms with E-state index in [9.17, 15) is 4.57 Å². The lowest BCUT2D eigenvalue weighted by atomic mass is 11.0. The largest absolute Gasteiger partial charge is 0.417 e. The third-order valence-electron chi connectivity index (χ3n) is 0.584. The van der Waals surface area contributed by atoms with Crippen LogP contribution in [-0.2, 0) is 4.57 Å². The maximum absolute atomic E-state index is 9.93. The van der Waals surface area contributed by atoms with Gasteiger partial charge in [-0.2, -0.15) is 4.98 Å². The first kappa shape index (κ1) is 9.97. The van der Waals surface area contributed by atoms with Gasteiger partial charge in [0.1, 0.15) is 6.26 Å². The summed E-state index contributed by atoms with van der Waals surface area (Å²) in [7, 11) is -2.96. The summed E-state index contributed by atoms with van der Waals surface area (Å²) in [5.41, 5.74) is 0. The van der Waals surface area contributed by atoms with Gasteiger partial charge < -0.3 is 13.8 Å². The van der Waals surface area contributed by atoms with E-state index in [2.05, 4.69) is 13.9 Å². The Bertz CT molecular complexity index is 200. The van der Waals surface area contributed by atoms with Crippen molar-refractivity contribution in [3.8, 4) is 6.08 Å². The average Bonchev–Trinajstić information content (AvgIpc) is 2.15. The quantitative estimate of drug-likeness (QED) is 0.485. The van der Waals surface area contributed by atoms with Gasteiger partial charge in [0, 0.05) is 0 Å². The van der Waals surface area contributed by atoms with E-state index in [1.54, 1.807) is 0 Å². The van der Waals surface area contributed by atoms with E-state index in [0.717, 1.165) is 0 Å². The molecule has 0 saturated heterocycles. The van der Waals surface area contributed by atoms with Gasteiger partial charge in [-0.25, -0.2) is 4.57 Å². The molecule has 1 rings (SSSR count). The molecule has 5 nitrogen and oxygen atoms in total. The van der Waals surface area contributed by atoms with Gasteiger partial charge in [0.05, 0.1) is 6.20 Å². The van der Waals surface area contributed by atoms with Crippen molar-refractivity contribution in [1.29, 1.82) is 0 Å². The Labute approximate surface area is 73.5 Å². The van der Waals surface area contributed by atoms with Crippen LogP contribution in [0.15, 0.2) is 16.9 Å². The molecule has 1 N–H and O–H groups in total. The molecule has 1 atom stereocenters. The van der Waals surface area contributed by atoms with Crippen molar-refractivity contribution in [2.75, 3.05) is 0 Å². The summed E-state index contributed by atoms with van der Waals surface area (Å²) in [5, 5.41) is 0. The van der Waals surface area contributed by atoms with E-state index in [-0.39, 0.29) is 29.1 Å². The van der Waals surface area contributed by atoms with Crippen LogP contribution in [0, 0.1) is 0 Å². The Hall–Kier alpha value is -0.0338. The zero-order valence-corrected chi connectivity index (χ0v) is 5.27. The lowest BCUT2D eigenvalue weighted by Gasteiger charge is -1.90. The van der Waals surface area contributed by atoms with Crippen LogP contribution in [0.3, 0.4) is 0 Å². The molecule has 1 aromatic heterocycles. The van der Waals surface area contributed by atoms with E-state index >= 15 is 0 Å². The molecule has 0 fully saturated rings. The molecule has 0 bridgehead atoms. The van der Waals surface area contributed by atoms with Crippen LogP contribution >= 0.6 is 8.25 Å². The van der Waals surface area contributed by atoms with Crippen molar-refractivity contribution < 1.29 is 18.4 Å². The third kappa shape index (κ3) is 3.21. The van der Waals surface area contributed by atoms with Gasteiger partial charge in [-0.05, 0) is 0 Å². The van der Waals surface area contributed by atoms with Crippen LogP contribution in [0.1, 0.15) is 0 Å². The maximum Gasteiger partial charge on any atom is 0.399 e. The highest BCUT2D eigenvalue weighted by molar-refractivity contribution is 7.32. The van der Waals surface area contributed by atoms with Crippen molar-refractivity contribution in [3.05, 3.63) is 12.5 Å². The molecule has 0 radical (unpaired) electrons. The number of hydrogen-bond acceptors (Lipinski definition) is 4. The second-order valence-electron chi connectivity index (χ2n) is 1.17. The van der Waals surface area contributed by atoms with Crippen LogP contribution in [-0.4, -0.2) is 32.9 Å². The van der Waals surface area contributed by atoms with E-state index in [0.29, 0.717) is 0 Å². The average molecular weight is 175 g/mol. The van der Waals surface area contributed by atoms with Crippen LogP contribution in [0.5, 0.6) is 6.08 Å². The lowest BCUT2D eigenvalue weighted by molar-refractivity contribution is 0.336. The summed E-state index contributed by atoms with van der Waals surface area (Å²) in [4.78, 5) is 11.6.